The summed E-state index contributed by atoms with van der Waals surface area (Å²) in [5.74, 6) is 4.26. The summed E-state index contributed by atoms with van der Waals surface area (Å²) in [5.41, 5.74) is 0.512. The molecule has 33 heavy (non-hydrogen) atoms. The number of hydrogen-bond acceptors (Lipinski definition) is 4. The van der Waals surface area contributed by atoms with Gasteiger partial charge < -0.3 is 14.2 Å². The Balaban J connectivity index is 1.27. The molecular weight excluding hydrogens is 412 g/mol. The number of fused-ring (bicyclic) bond motifs is 7. The third-order valence-electron chi connectivity index (χ3n) is 12.3. The minimum Gasteiger partial charge on any atom is -0.462 e. The van der Waals surface area contributed by atoms with Gasteiger partial charge in [0.15, 0.2) is 5.79 Å². The molecule has 12 atom stereocenters. The van der Waals surface area contributed by atoms with Gasteiger partial charge >= 0.3 is 5.97 Å². The summed E-state index contributed by atoms with van der Waals surface area (Å²) < 4.78 is 19.5. The summed E-state index contributed by atoms with van der Waals surface area (Å²) in [4.78, 5) is 12.0. The van der Waals surface area contributed by atoms with Gasteiger partial charge in [-0.3, -0.25) is 4.79 Å². The van der Waals surface area contributed by atoms with E-state index in [-0.39, 0.29) is 23.3 Å². The molecule has 2 heterocycles. The first kappa shape index (κ1) is 22.8. The molecular formula is C29H46O4. The highest BCUT2D eigenvalue weighted by molar-refractivity contribution is 5.66. The van der Waals surface area contributed by atoms with Crippen LogP contribution in [0.15, 0.2) is 0 Å². The van der Waals surface area contributed by atoms with Crippen LogP contribution in [0.25, 0.3) is 0 Å². The van der Waals surface area contributed by atoms with E-state index in [0.29, 0.717) is 35.2 Å². The van der Waals surface area contributed by atoms with E-state index < -0.39 is 0 Å². The number of carbonyl (C=O) groups excluding carboxylic acids is 1. The van der Waals surface area contributed by atoms with Crippen LogP contribution in [-0.2, 0) is 19.0 Å². The normalized spacial score (nSPS) is 57.7. The SMILES string of the molecule is CC(=O)OC1CCCC2CC[C@@H]3[C@H](CC[C@]4(C)[C@@H]5[C@H](C[C@@H]34)O[C@]3(CCC(C)CO3)[C@H]5C)[C@]21C. The standard InChI is InChI=1S/C29H46O4/c1-17-11-14-29(31-16-17)18(2)26-24(33-29)15-23-21-10-9-20-7-6-8-25(32-19(3)30)28(20,5)22(21)12-13-27(23,26)4/h17-18,20-26H,6-16H2,1-5H3/t17?,18-,20?,21+,22-,23-,24-,25?,26-,27-,28-,29+/m0/s1. The summed E-state index contributed by atoms with van der Waals surface area (Å²) >= 11 is 0. The summed E-state index contributed by atoms with van der Waals surface area (Å²) in [7, 11) is 0. The Labute approximate surface area is 200 Å². The molecule has 186 valence electrons. The number of esters is 1. The minimum atomic E-state index is -0.319. The monoisotopic (exact) mass is 458 g/mol. The van der Waals surface area contributed by atoms with Gasteiger partial charge in [0.05, 0.1) is 12.7 Å². The molecule has 4 heteroatoms. The lowest BCUT2D eigenvalue weighted by molar-refractivity contribution is -0.273. The lowest BCUT2D eigenvalue weighted by Gasteiger charge is -2.62. The van der Waals surface area contributed by atoms with E-state index in [9.17, 15) is 4.79 Å². The molecule has 6 rings (SSSR count). The average molecular weight is 459 g/mol. The van der Waals surface area contributed by atoms with E-state index in [2.05, 4.69) is 27.7 Å². The van der Waals surface area contributed by atoms with E-state index >= 15 is 0 Å². The van der Waals surface area contributed by atoms with Crippen molar-refractivity contribution in [2.45, 2.75) is 117 Å². The molecule has 6 aliphatic rings. The summed E-state index contributed by atoms with van der Waals surface area (Å²) in [6.07, 6.45) is 12.9. The van der Waals surface area contributed by atoms with Gasteiger partial charge in [0.1, 0.15) is 6.10 Å². The lowest BCUT2D eigenvalue weighted by atomic mass is 9.44. The Kier molecular flexibility index (Phi) is 5.32. The van der Waals surface area contributed by atoms with Crippen molar-refractivity contribution in [3.05, 3.63) is 0 Å². The Morgan fingerprint density at radius 3 is 2.52 bits per heavy atom. The van der Waals surface area contributed by atoms with Gasteiger partial charge in [-0.05, 0) is 98.7 Å². The first-order valence-corrected chi connectivity index (χ1v) is 14.2. The molecule has 4 nitrogen and oxygen atoms in total. The van der Waals surface area contributed by atoms with Crippen LogP contribution in [0.3, 0.4) is 0 Å². The van der Waals surface area contributed by atoms with Crippen LogP contribution in [0.2, 0.25) is 0 Å². The van der Waals surface area contributed by atoms with Crippen molar-refractivity contribution >= 4 is 5.97 Å². The molecule has 0 radical (unpaired) electrons. The molecule has 0 N–H and O–H groups in total. The molecule has 4 aliphatic carbocycles. The van der Waals surface area contributed by atoms with Crippen LogP contribution in [0, 0.1) is 52.3 Å². The van der Waals surface area contributed by atoms with Gasteiger partial charge in [0.2, 0.25) is 0 Å². The third-order valence-corrected chi connectivity index (χ3v) is 12.3. The first-order chi connectivity index (χ1) is 15.7. The zero-order chi connectivity index (χ0) is 23.2. The number of carbonyl (C=O) groups is 1. The fourth-order valence-corrected chi connectivity index (χ4v) is 10.7. The van der Waals surface area contributed by atoms with Crippen molar-refractivity contribution in [1.29, 1.82) is 0 Å². The molecule has 2 saturated heterocycles. The predicted molar refractivity (Wildman–Crippen MR) is 127 cm³/mol. The highest BCUT2D eigenvalue weighted by atomic mass is 16.7. The molecule has 1 spiro atoms. The quantitative estimate of drug-likeness (QED) is 0.429. The second-order valence-electron chi connectivity index (χ2n) is 13.6. The average Bonchev–Trinajstić information content (AvgIpc) is 3.21. The van der Waals surface area contributed by atoms with Crippen molar-refractivity contribution in [3.63, 3.8) is 0 Å². The minimum absolute atomic E-state index is 0.0885. The number of ether oxygens (including phenoxy) is 3. The molecule has 0 aromatic heterocycles. The van der Waals surface area contributed by atoms with Gasteiger partial charge in [-0.25, -0.2) is 0 Å². The van der Waals surface area contributed by atoms with E-state index in [0.717, 1.165) is 37.2 Å². The fourth-order valence-electron chi connectivity index (χ4n) is 10.7. The first-order valence-electron chi connectivity index (χ1n) is 14.2. The Morgan fingerprint density at radius 2 is 1.79 bits per heavy atom. The van der Waals surface area contributed by atoms with Crippen molar-refractivity contribution in [2.75, 3.05) is 6.61 Å². The molecule has 4 saturated carbocycles. The largest absolute Gasteiger partial charge is 0.462 e. The van der Waals surface area contributed by atoms with Gasteiger partial charge in [-0.1, -0.05) is 27.7 Å². The van der Waals surface area contributed by atoms with E-state index in [1.807, 2.05) is 0 Å². The Morgan fingerprint density at radius 1 is 0.970 bits per heavy atom. The van der Waals surface area contributed by atoms with Gasteiger partial charge in [0, 0.05) is 24.7 Å². The smallest absolute Gasteiger partial charge is 0.302 e. The van der Waals surface area contributed by atoms with Crippen LogP contribution < -0.4 is 0 Å². The Bertz CT molecular complexity index is 786. The van der Waals surface area contributed by atoms with Crippen LogP contribution in [0.5, 0.6) is 0 Å². The highest BCUT2D eigenvalue weighted by Crippen LogP contribution is 2.71. The van der Waals surface area contributed by atoms with Gasteiger partial charge in [-0.15, -0.1) is 0 Å². The van der Waals surface area contributed by atoms with Gasteiger partial charge in [0.25, 0.3) is 0 Å². The van der Waals surface area contributed by atoms with Crippen molar-refractivity contribution in [3.8, 4) is 0 Å². The highest BCUT2D eigenvalue weighted by Gasteiger charge is 2.69. The Hall–Kier alpha value is -0.610. The molecule has 6 fully saturated rings. The molecule has 2 aliphatic heterocycles. The molecule has 0 bridgehead atoms. The van der Waals surface area contributed by atoms with Crippen LogP contribution in [-0.4, -0.2) is 30.6 Å². The maximum Gasteiger partial charge on any atom is 0.302 e. The maximum atomic E-state index is 12.0. The molecule has 0 aromatic carbocycles. The van der Waals surface area contributed by atoms with E-state index in [4.69, 9.17) is 14.2 Å². The number of hydrogen-bond donors (Lipinski definition) is 0. The number of rotatable bonds is 1. The maximum absolute atomic E-state index is 12.0. The fraction of sp³-hybridized carbons (Fsp3) is 0.966. The summed E-state index contributed by atoms with van der Waals surface area (Å²) in [6, 6.07) is 0. The third kappa shape index (κ3) is 3.11. The molecule has 3 unspecified atom stereocenters. The zero-order valence-corrected chi connectivity index (χ0v) is 21.6. The van der Waals surface area contributed by atoms with E-state index in [1.165, 1.54) is 51.4 Å². The second-order valence-corrected chi connectivity index (χ2v) is 13.6. The predicted octanol–water partition coefficient (Wildman–Crippen LogP) is 6.36. The zero-order valence-electron chi connectivity index (χ0n) is 21.6. The van der Waals surface area contributed by atoms with Crippen molar-refractivity contribution < 1.29 is 19.0 Å². The second kappa shape index (κ2) is 7.69. The van der Waals surface area contributed by atoms with Crippen molar-refractivity contribution in [2.24, 2.45) is 52.3 Å². The summed E-state index contributed by atoms with van der Waals surface area (Å²) in [6.45, 7) is 12.3. The summed E-state index contributed by atoms with van der Waals surface area (Å²) in [5, 5.41) is 0. The molecule has 0 amide bonds. The van der Waals surface area contributed by atoms with E-state index in [1.54, 1.807) is 6.92 Å². The molecule has 0 aromatic rings. The van der Waals surface area contributed by atoms with Crippen LogP contribution in [0.1, 0.15) is 98.8 Å². The van der Waals surface area contributed by atoms with Gasteiger partial charge in [-0.2, -0.15) is 0 Å². The topological polar surface area (TPSA) is 44.8 Å². The van der Waals surface area contributed by atoms with Crippen LogP contribution >= 0.6 is 0 Å². The van der Waals surface area contributed by atoms with Crippen molar-refractivity contribution in [1.82, 2.24) is 0 Å². The van der Waals surface area contributed by atoms with Crippen LogP contribution in [0.4, 0.5) is 0 Å². The lowest BCUT2D eigenvalue weighted by Crippen LogP contribution is -2.58.